The molecule has 1 saturated carbocycles. The fourth-order valence-electron chi connectivity index (χ4n) is 1.99. The van der Waals surface area contributed by atoms with Crippen LogP contribution in [0.4, 0.5) is 0 Å². The Labute approximate surface area is 115 Å². The Hall–Kier alpha value is -0.850. The van der Waals surface area contributed by atoms with Crippen LogP contribution in [-0.4, -0.2) is 37.4 Å². The van der Waals surface area contributed by atoms with Gasteiger partial charge in [-0.1, -0.05) is 13.8 Å². The summed E-state index contributed by atoms with van der Waals surface area (Å²) in [6.07, 6.45) is 4.07. The fourth-order valence-corrected chi connectivity index (χ4v) is 2.94. The monoisotopic (exact) mass is 285 g/mol. The van der Waals surface area contributed by atoms with Crippen molar-refractivity contribution in [1.82, 2.24) is 14.2 Å². The molecule has 0 saturated heterocycles. The molecule has 1 heterocycles. The van der Waals surface area contributed by atoms with E-state index in [1.807, 2.05) is 0 Å². The van der Waals surface area contributed by atoms with Crippen LogP contribution >= 0.6 is 0 Å². The lowest BCUT2D eigenvalue weighted by molar-refractivity contribution is 0.520. The Morgan fingerprint density at radius 2 is 2.05 bits per heavy atom. The average molecular weight is 285 g/mol. The summed E-state index contributed by atoms with van der Waals surface area (Å²) in [4.78, 5) is 0.393. The number of sulfonamides is 1. The van der Waals surface area contributed by atoms with Gasteiger partial charge in [0.25, 0.3) is 0 Å². The van der Waals surface area contributed by atoms with Gasteiger partial charge in [0.2, 0.25) is 10.0 Å². The predicted molar refractivity (Wildman–Crippen MR) is 75.6 cm³/mol. The van der Waals surface area contributed by atoms with Crippen LogP contribution in [0.2, 0.25) is 0 Å². The van der Waals surface area contributed by atoms with Crippen LogP contribution in [0, 0.1) is 0 Å². The van der Waals surface area contributed by atoms with E-state index in [2.05, 4.69) is 23.7 Å². The van der Waals surface area contributed by atoms with E-state index in [-0.39, 0.29) is 0 Å². The van der Waals surface area contributed by atoms with Gasteiger partial charge in [0.15, 0.2) is 0 Å². The minimum atomic E-state index is -3.34. The standard InChI is InChI=1S/C13H23N3O2S/c1-10(2)14-8-12-7-13(19(17,18)15(3)4)9-16(12)11-5-6-11/h7,9-11,14H,5-6,8H2,1-4H3. The van der Waals surface area contributed by atoms with Gasteiger partial charge in [-0.2, -0.15) is 0 Å². The topological polar surface area (TPSA) is 54.3 Å². The average Bonchev–Trinajstić information content (AvgIpc) is 3.06. The molecule has 2 rings (SSSR count). The van der Waals surface area contributed by atoms with Crippen molar-refractivity contribution in [2.24, 2.45) is 0 Å². The maximum atomic E-state index is 12.2. The van der Waals surface area contributed by atoms with E-state index in [1.54, 1.807) is 26.4 Å². The summed E-state index contributed by atoms with van der Waals surface area (Å²) in [6.45, 7) is 4.88. The van der Waals surface area contributed by atoms with E-state index in [9.17, 15) is 8.42 Å². The van der Waals surface area contributed by atoms with Gasteiger partial charge < -0.3 is 9.88 Å². The fraction of sp³-hybridized carbons (Fsp3) is 0.692. The second-order valence-corrected chi connectivity index (χ2v) is 7.78. The second-order valence-electron chi connectivity index (χ2n) is 5.63. The van der Waals surface area contributed by atoms with Gasteiger partial charge in [-0.05, 0) is 18.9 Å². The number of hydrogen-bond donors (Lipinski definition) is 1. The zero-order valence-electron chi connectivity index (χ0n) is 12.0. The lowest BCUT2D eigenvalue weighted by Gasteiger charge is -2.10. The summed E-state index contributed by atoms with van der Waals surface area (Å²) in [7, 11) is -0.208. The summed E-state index contributed by atoms with van der Waals surface area (Å²) in [5.41, 5.74) is 1.05. The molecular weight excluding hydrogens is 262 g/mol. The highest BCUT2D eigenvalue weighted by molar-refractivity contribution is 7.89. The quantitative estimate of drug-likeness (QED) is 0.863. The van der Waals surface area contributed by atoms with E-state index in [0.717, 1.165) is 18.5 Å². The number of rotatable bonds is 6. The second kappa shape index (κ2) is 5.26. The highest BCUT2D eigenvalue weighted by Crippen LogP contribution is 2.37. The normalized spacial score (nSPS) is 16.5. The van der Waals surface area contributed by atoms with Gasteiger partial charge in [0, 0.05) is 44.6 Å². The van der Waals surface area contributed by atoms with Crippen LogP contribution in [0.5, 0.6) is 0 Å². The molecule has 1 aliphatic rings. The summed E-state index contributed by atoms with van der Waals surface area (Å²) in [5.74, 6) is 0. The first-order valence-electron chi connectivity index (χ1n) is 6.69. The van der Waals surface area contributed by atoms with Gasteiger partial charge in [-0.25, -0.2) is 12.7 Å². The maximum Gasteiger partial charge on any atom is 0.244 e. The molecule has 0 aliphatic heterocycles. The van der Waals surface area contributed by atoms with Crippen molar-refractivity contribution in [3.8, 4) is 0 Å². The zero-order chi connectivity index (χ0) is 14.2. The van der Waals surface area contributed by atoms with Crippen molar-refractivity contribution in [2.45, 2.75) is 50.2 Å². The molecule has 1 N–H and O–H groups in total. The van der Waals surface area contributed by atoms with Crippen LogP contribution in [-0.2, 0) is 16.6 Å². The molecule has 1 fully saturated rings. The molecule has 6 heteroatoms. The van der Waals surface area contributed by atoms with E-state index in [4.69, 9.17) is 0 Å². The van der Waals surface area contributed by atoms with Crippen LogP contribution in [0.1, 0.15) is 38.4 Å². The molecule has 5 nitrogen and oxygen atoms in total. The van der Waals surface area contributed by atoms with Crippen LogP contribution < -0.4 is 5.32 Å². The smallest absolute Gasteiger partial charge is 0.244 e. The lowest BCUT2D eigenvalue weighted by Crippen LogP contribution is -2.23. The molecule has 0 bridgehead atoms. The van der Waals surface area contributed by atoms with Crippen LogP contribution in [0.15, 0.2) is 17.2 Å². The highest BCUT2D eigenvalue weighted by atomic mass is 32.2. The van der Waals surface area contributed by atoms with Crippen molar-refractivity contribution >= 4 is 10.0 Å². The van der Waals surface area contributed by atoms with Crippen molar-refractivity contribution in [3.63, 3.8) is 0 Å². The van der Waals surface area contributed by atoms with Gasteiger partial charge in [-0.3, -0.25) is 0 Å². The van der Waals surface area contributed by atoms with E-state index in [0.29, 0.717) is 23.5 Å². The van der Waals surface area contributed by atoms with Gasteiger partial charge in [0.1, 0.15) is 4.90 Å². The largest absolute Gasteiger partial charge is 0.346 e. The number of aromatic nitrogens is 1. The molecule has 1 aromatic rings. The minimum Gasteiger partial charge on any atom is -0.346 e. The van der Waals surface area contributed by atoms with E-state index in [1.165, 1.54) is 4.31 Å². The lowest BCUT2D eigenvalue weighted by atomic mass is 10.3. The highest BCUT2D eigenvalue weighted by Gasteiger charge is 2.28. The SMILES string of the molecule is CC(C)NCc1cc(S(=O)(=O)N(C)C)cn1C1CC1. The Morgan fingerprint density at radius 3 is 2.53 bits per heavy atom. The number of nitrogens with one attached hydrogen (secondary N) is 1. The molecule has 0 radical (unpaired) electrons. The molecular formula is C13H23N3O2S. The summed E-state index contributed by atoms with van der Waals surface area (Å²) >= 11 is 0. The minimum absolute atomic E-state index is 0.386. The molecule has 19 heavy (non-hydrogen) atoms. The van der Waals surface area contributed by atoms with E-state index >= 15 is 0 Å². The predicted octanol–water partition coefficient (Wildman–Crippen LogP) is 1.57. The Balaban J connectivity index is 2.30. The molecule has 1 aromatic heterocycles. The number of nitrogens with zero attached hydrogens (tertiary/aromatic N) is 2. The van der Waals surface area contributed by atoms with Crippen LogP contribution in [0.25, 0.3) is 0 Å². The molecule has 0 unspecified atom stereocenters. The summed E-state index contributed by atoms with van der Waals surface area (Å²) in [5, 5.41) is 3.35. The third-order valence-corrected chi connectivity index (χ3v) is 5.10. The first-order chi connectivity index (χ1) is 8.82. The number of hydrogen-bond acceptors (Lipinski definition) is 3. The Bertz CT molecular complexity index is 542. The Kier molecular flexibility index (Phi) is 4.03. The molecule has 0 spiro atoms. The van der Waals surface area contributed by atoms with Gasteiger partial charge in [-0.15, -0.1) is 0 Å². The van der Waals surface area contributed by atoms with Crippen molar-refractivity contribution < 1.29 is 8.42 Å². The van der Waals surface area contributed by atoms with Gasteiger partial charge in [0.05, 0.1) is 0 Å². The molecule has 108 valence electrons. The molecule has 0 amide bonds. The zero-order valence-corrected chi connectivity index (χ0v) is 12.9. The molecule has 0 atom stereocenters. The van der Waals surface area contributed by atoms with E-state index < -0.39 is 10.0 Å². The van der Waals surface area contributed by atoms with Crippen molar-refractivity contribution in [3.05, 3.63) is 18.0 Å². The third-order valence-electron chi connectivity index (χ3n) is 3.32. The summed E-state index contributed by atoms with van der Waals surface area (Å²) < 4.78 is 27.7. The molecule has 1 aliphatic carbocycles. The summed E-state index contributed by atoms with van der Waals surface area (Å²) in [6, 6.07) is 2.66. The van der Waals surface area contributed by atoms with Crippen LogP contribution in [0.3, 0.4) is 0 Å². The molecule has 0 aromatic carbocycles. The third kappa shape index (κ3) is 3.19. The van der Waals surface area contributed by atoms with Crippen molar-refractivity contribution in [1.29, 1.82) is 0 Å². The maximum absolute atomic E-state index is 12.2. The van der Waals surface area contributed by atoms with Gasteiger partial charge >= 0.3 is 0 Å². The first-order valence-corrected chi connectivity index (χ1v) is 8.13. The first kappa shape index (κ1) is 14.6. The Morgan fingerprint density at radius 1 is 1.42 bits per heavy atom. The van der Waals surface area contributed by atoms with Crippen molar-refractivity contribution in [2.75, 3.05) is 14.1 Å².